The van der Waals surface area contributed by atoms with Crippen LogP contribution in [0.3, 0.4) is 0 Å². The van der Waals surface area contributed by atoms with Gasteiger partial charge in [-0.05, 0) is 31.8 Å². The summed E-state index contributed by atoms with van der Waals surface area (Å²) in [5, 5.41) is 3.54. The van der Waals surface area contributed by atoms with Gasteiger partial charge in [-0.3, -0.25) is 0 Å². The molecule has 0 aromatic carbocycles. The van der Waals surface area contributed by atoms with Crippen LogP contribution >= 0.6 is 0 Å². The van der Waals surface area contributed by atoms with Gasteiger partial charge in [-0.2, -0.15) is 0 Å². The van der Waals surface area contributed by atoms with Crippen molar-refractivity contribution in [3.8, 4) is 0 Å². The molecule has 0 spiro atoms. The van der Waals surface area contributed by atoms with Crippen LogP contribution in [0.4, 0.5) is 0 Å². The number of nitrogens with zero attached hydrogens (tertiary/aromatic N) is 1. The maximum absolute atomic E-state index is 5.91. The zero-order valence-corrected chi connectivity index (χ0v) is 10.8. The van der Waals surface area contributed by atoms with Crippen LogP contribution in [0.25, 0.3) is 0 Å². The molecule has 0 amide bonds. The molecule has 0 aromatic rings. The first-order valence-electron chi connectivity index (χ1n) is 6.40. The lowest BCUT2D eigenvalue weighted by Crippen LogP contribution is -2.57. The molecule has 0 aromatic heterocycles. The van der Waals surface area contributed by atoms with E-state index in [-0.39, 0.29) is 5.54 Å². The first kappa shape index (κ1) is 13.7. The summed E-state index contributed by atoms with van der Waals surface area (Å²) in [6.45, 7) is 13.4. The summed E-state index contributed by atoms with van der Waals surface area (Å²) in [5.41, 5.74) is 6.06. The summed E-state index contributed by atoms with van der Waals surface area (Å²) < 4.78 is 0. The van der Waals surface area contributed by atoms with Crippen molar-refractivity contribution in [2.24, 2.45) is 11.7 Å². The van der Waals surface area contributed by atoms with Gasteiger partial charge in [0.15, 0.2) is 0 Å². The zero-order valence-electron chi connectivity index (χ0n) is 10.8. The quantitative estimate of drug-likeness (QED) is 0.668. The molecular weight excluding hydrogens is 198 g/mol. The summed E-state index contributed by atoms with van der Waals surface area (Å²) in [5.74, 6) is 0.756. The van der Waals surface area contributed by atoms with Crippen LogP contribution in [0.1, 0.15) is 26.7 Å². The second kappa shape index (κ2) is 6.38. The maximum Gasteiger partial charge on any atom is 0.0331 e. The highest BCUT2D eigenvalue weighted by molar-refractivity contribution is 4.95. The first-order chi connectivity index (χ1) is 7.62. The SMILES string of the molecule is C=CCNC1(CN)CCN(CC(C)C)CC1. The van der Waals surface area contributed by atoms with Crippen LogP contribution in [0.2, 0.25) is 0 Å². The number of hydrogen-bond acceptors (Lipinski definition) is 3. The fourth-order valence-corrected chi connectivity index (χ4v) is 2.42. The van der Waals surface area contributed by atoms with Crippen molar-refractivity contribution in [2.75, 3.05) is 32.7 Å². The number of likely N-dealkylation sites (tertiary alicyclic amines) is 1. The highest BCUT2D eigenvalue weighted by Gasteiger charge is 2.32. The monoisotopic (exact) mass is 225 g/mol. The van der Waals surface area contributed by atoms with Gasteiger partial charge in [-0.25, -0.2) is 0 Å². The first-order valence-corrected chi connectivity index (χ1v) is 6.40. The number of rotatable bonds is 6. The molecule has 0 unspecified atom stereocenters. The van der Waals surface area contributed by atoms with Gasteiger partial charge in [0.05, 0.1) is 0 Å². The van der Waals surface area contributed by atoms with Crippen molar-refractivity contribution in [1.82, 2.24) is 10.2 Å². The van der Waals surface area contributed by atoms with Crippen molar-refractivity contribution in [2.45, 2.75) is 32.2 Å². The number of hydrogen-bond donors (Lipinski definition) is 2. The molecular formula is C13H27N3. The molecule has 1 rings (SSSR count). The van der Waals surface area contributed by atoms with Crippen molar-refractivity contribution in [3.63, 3.8) is 0 Å². The molecule has 0 bridgehead atoms. The third-order valence-corrected chi connectivity index (χ3v) is 3.45. The lowest BCUT2D eigenvalue weighted by atomic mass is 9.87. The van der Waals surface area contributed by atoms with E-state index in [0.29, 0.717) is 0 Å². The Labute approximate surface area is 100 Å². The van der Waals surface area contributed by atoms with E-state index in [2.05, 4.69) is 30.6 Å². The molecule has 3 heteroatoms. The average molecular weight is 225 g/mol. The van der Waals surface area contributed by atoms with E-state index in [1.165, 1.54) is 19.6 Å². The molecule has 1 fully saturated rings. The fourth-order valence-electron chi connectivity index (χ4n) is 2.42. The Morgan fingerprint density at radius 2 is 2.06 bits per heavy atom. The second-order valence-electron chi connectivity index (χ2n) is 5.35. The summed E-state index contributed by atoms with van der Waals surface area (Å²) in [6.07, 6.45) is 4.23. The Kier molecular flexibility index (Phi) is 5.46. The van der Waals surface area contributed by atoms with E-state index in [1.807, 2.05) is 6.08 Å². The fraction of sp³-hybridized carbons (Fsp3) is 0.846. The lowest BCUT2D eigenvalue weighted by Gasteiger charge is -2.42. The highest BCUT2D eigenvalue weighted by Crippen LogP contribution is 2.21. The molecule has 0 radical (unpaired) electrons. The third-order valence-electron chi connectivity index (χ3n) is 3.45. The summed E-state index contributed by atoms with van der Waals surface area (Å²) >= 11 is 0. The Morgan fingerprint density at radius 1 is 1.44 bits per heavy atom. The second-order valence-corrected chi connectivity index (χ2v) is 5.35. The molecule has 3 nitrogen and oxygen atoms in total. The molecule has 1 heterocycles. The van der Waals surface area contributed by atoms with Gasteiger partial charge in [-0.1, -0.05) is 19.9 Å². The molecule has 16 heavy (non-hydrogen) atoms. The zero-order chi connectivity index (χ0) is 12.0. The van der Waals surface area contributed by atoms with Crippen LogP contribution < -0.4 is 11.1 Å². The Morgan fingerprint density at radius 3 is 2.50 bits per heavy atom. The molecule has 0 saturated carbocycles. The summed E-state index contributed by atoms with van der Waals surface area (Å²) in [7, 11) is 0. The molecule has 1 aliphatic heterocycles. The largest absolute Gasteiger partial charge is 0.329 e. The van der Waals surface area contributed by atoms with Crippen LogP contribution in [0.15, 0.2) is 12.7 Å². The minimum absolute atomic E-state index is 0.154. The van der Waals surface area contributed by atoms with Crippen LogP contribution in [-0.4, -0.2) is 43.2 Å². The predicted molar refractivity (Wildman–Crippen MR) is 70.5 cm³/mol. The van der Waals surface area contributed by atoms with Gasteiger partial charge in [0, 0.05) is 25.2 Å². The van der Waals surface area contributed by atoms with Crippen molar-refractivity contribution in [1.29, 1.82) is 0 Å². The molecule has 1 aliphatic rings. The molecule has 0 atom stereocenters. The average Bonchev–Trinajstić information content (AvgIpc) is 2.28. The summed E-state index contributed by atoms with van der Waals surface area (Å²) in [4.78, 5) is 2.55. The third kappa shape index (κ3) is 3.89. The topological polar surface area (TPSA) is 41.3 Å². The van der Waals surface area contributed by atoms with Gasteiger partial charge < -0.3 is 16.0 Å². The summed E-state index contributed by atoms with van der Waals surface area (Å²) in [6, 6.07) is 0. The highest BCUT2D eigenvalue weighted by atomic mass is 15.2. The lowest BCUT2D eigenvalue weighted by molar-refractivity contribution is 0.131. The Hall–Kier alpha value is -0.380. The van der Waals surface area contributed by atoms with Crippen molar-refractivity contribution >= 4 is 0 Å². The number of nitrogens with one attached hydrogen (secondary N) is 1. The molecule has 94 valence electrons. The van der Waals surface area contributed by atoms with Gasteiger partial charge in [0.2, 0.25) is 0 Å². The minimum atomic E-state index is 0.154. The van der Waals surface area contributed by atoms with Crippen molar-refractivity contribution in [3.05, 3.63) is 12.7 Å². The van der Waals surface area contributed by atoms with E-state index < -0.39 is 0 Å². The number of nitrogens with two attached hydrogens (primary N) is 1. The van der Waals surface area contributed by atoms with Gasteiger partial charge in [-0.15, -0.1) is 6.58 Å². The van der Waals surface area contributed by atoms with E-state index in [9.17, 15) is 0 Å². The maximum atomic E-state index is 5.91. The predicted octanol–water partition coefficient (Wildman–Crippen LogP) is 1.21. The molecule has 3 N–H and O–H groups in total. The molecule has 1 saturated heterocycles. The minimum Gasteiger partial charge on any atom is -0.329 e. The van der Waals surface area contributed by atoms with Crippen molar-refractivity contribution < 1.29 is 0 Å². The van der Waals surface area contributed by atoms with Crippen LogP contribution in [0, 0.1) is 5.92 Å². The van der Waals surface area contributed by atoms with Crippen LogP contribution in [-0.2, 0) is 0 Å². The number of piperidine rings is 1. The van der Waals surface area contributed by atoms with Gasteiger partial charge >= 0.3 is 0 Å². The van der Waals surface area contributed by atoms with E-state index in [4.69, 9.17) is 5.73 Å². The molecule has 0 aliphatic carbocycles. The van der Waals surface area contributed by atoms with E-state index >= 15 is 0 Å². The smallest absolute Gasteiger partial charge is 0.0331 e. The van der Waals surface area contributed by atoms with E-state index in [1.54, 1.807) is 0 Å². The standard InChI is InChI=1S/C13H27N3/c1-4-7-15-13(11-14)5-8-16(9-6-13)10-12(2)3/h4,12,15H,1,5-11,14H2,2-3H3. The van der Waals surface area contributed by atoms with E-state index in [0.717, 1.165) is 31.8 Å². The Balaban J connectivity index is 2.40. The van der Waals surface area contributed by atoms with Gasteiger partial charge in [0.1, 0.15) is 0 Å². The Bertz CT molecular complexity index is 205. The van der Waals surface area contributed by atoms with Crippen LogP contribution in [0.5, 0.6) is 0 Å². The van der Waals surface area contributed by atoms with Gasteiger partial charge in [0.25, 0.3) is 0 Å². The normalized spacial score (nSPS) is 21.2.